The van der Waals surface area contributed by atoms with Crippen LogP contribution in [0.4, 0.5) is 13.2 Å². The zero-order chi connectivity index (χ0) is 9.94. The molecular formula is C6H10F3NOS. The smallest absolute Gasteiger partial charge is 0.391 e. The van der Waals surface area contributed by atoms with Gasteiger partial charge in [-0.05, 0) is 13.8 Å². The third-order valence-electron chi connectivity index (χ3n) is 1.27. The van der Waals surface area contributed by atoms with E-state index in [-0.39, 0.29) is 4.99 Å². The van der Waals surface area contributed by atoms with Gasteiger partial charge in [0, 0.05) is 0 Å². The molecule has 0 saturated carbocycles. The Bertz CT molecular complexity index is 171. The second-order valence-corrected chi connectivity index (χ2v) is 2.84. The Kier molecular flexibility index (Phi) is 3.92. The highest BCUT2D eigenvalue weighted by atomic mass is 32.1. The van der Waals surface area contributed by atoms with Crippen LogP contribution in [0.1, 0.15) is 13.8 Å². The average Bonchev–Trinajstić information content (AvgIpc) is 1.85. The van der Waals surface area contributed by atoms with Crippen LogP contribution in [0.25, 0.3) is 0 Å². The van der Waals surface area contributed by atoms with Crippen LogP contribution in [-0.4, -0.2) is 23.4 Å². The molecule has 0 aliphatic carbocycles. The molecule has 0 aliphatic rings. The maximum Gasteiger partial charge on any atom is 0.414 e. The first-order valence-electron chi connectivity index (χ1n) is 3.26. The molecule has 0 heterocycles. The van der Waals surface area contributed by atoms with Crippen molar-refractivity contribution in [3.63, 3.8) is 0 Å². The number of thiocarbonyl (C=S) groups is 1. The molecule has 0 aromatic carbocycles. The summed E-state index contributed by atoms with van der Waals surface area (Å²) in [6.45, 7) is 2.29. The van der Waals surface area contributed by atoms with Gasteiger partial charge in [-0.1, -0.05) is 12.2 Å². The number of hydrogen-bond acceptors (Lipinski definition) is 2. The Hall–Kier alpha value is -0.360. The van der Waals surface area contributed by atoms with E-state index < -0.39 is 18.4 Å². The van der Waals surface area contributed by atoms with Crippen molar-refractivity contribution in [1.82, 2.24) is 0 Å². The summed E-state index contributed by atoms with van der Waals surface area (Å²) in [6, 6.07) is 0. The molecule has 12 heavy (non-hydrogen) atoms. The van der Waals surface area contributed by atoms with Crippen LogP contribution >= 0.6 is 12.2 Å². The highest BCUT2D eigenvalue weighted by molar-refractivity contribution is 7.80. The Balaban J connectivity index is 4.01. The summed E-state index contributed by atoms with van der Waals surface area (Å²) in [5.74, 6) is 0. The number of ether oxygens (including phenoxy) is 1. The molecule has 72 valence electrons. The summed E-state index contributed by atoms with van der Waals surface area (Å²) in [7, 11) is 0. The number of rotatable bonds is 3. The minimum atomic E-state index is -4.36. The Labute approximate surface area is 73.9 Å². The topological polar surface area (TPSA) is 35.2 Å². The predicted octanol–water partition coefficient (Wildman–Crippen LogP) is 1.63. The van der Waals surface area contributed by atoms with Crippen LogP contribution in [0, 0.1) is 0 Å². The van der Waals surface area contributed by atoms with Crippen molar-refractivity contribution in [1.29, 1.82) is 0 Å². The van der Waals surface area contributed by atoms with Gasteiger partial charge in [-0.25, -0.2) is 0 Å². The van der Waals surface area contributed by atoms with Crippen LogP contribution < -0.4 is 5.73 Å². The first-order valence-corrected chi connectivity index (χ1v) is 3.67. The molecule has 0 radical (unpaired) electrons. The van der Waals surface area contributed by atoms with Gasteiger partial charge in [0.25, 0.3) is 0 Å². The van der Waals surface area contributed by atoms with Crippen molar-refractivity contribution in [2.45, 2.75) is 32.2 Å². The standard InChI is InChI=1S/C6H10F3NOS/c1-3(5(10)12)11-4(2)6(7,8)9/h3-4H,1-2H3,(H2,10,12). The van der Waals surface area contributed by atoms with E-state index in [9.17, 15) is 13.2 Å². The SMILES string of the molecule is CC(OC(C)C(F)(F)F)C(N)=S. The van der Waals surface area contributed by atoms with Crippen molar-refractivity contribution in [3.8, 4) is 0 Å². The summed E-state index contributed by atoms with van der Waals surface area (Å²) in [5.41, 5.74) is 5.07. The van der Waals surface area contributed by atoms with E-state index in [2.05, 4.69) is 17.0 Å². The van der Waals surface area contributed by atoms with Crippen molar-refractivity contribution in [2.24, 2.45) is 5.73 Å². The number of nitrogens with two attached hydrogens (primary N) is 1. The molecule has 6 heteroatoms. The summed E-state index contributed by atoms with van der Waals surface area (Å²) in [5, 5.41) is 0. The quantitative estimate of drug-likeness (QED) is 0.705. The second kappa shape index (κ2) is 4.04. The third-order valence-corrected chi connectivity index (χ3v) is 1.60. The summed E-state index contributed by atoms with van der Waals surface area (Å²) in [4.78, 5) is -0.0777. The number of hydrogen-bond donors (Lipinski definition) is 1. The van der Waals surface area contributed by atoms with Gasteiger partial charge in [-0.15, -0.1) is 0 Å². The number of alkyl halides is 3. The monoisotopic (exact) mass is 201 g/mol. The molecule has 0 bridgehead atoms. The molecule has 2 unspecified atom stereocenters. The van der Waals surface area contributed by atoms with Crippen LogP contribution in [0.2, 0.25) is 0 Å². The molecule has 2 nitrogen and oxygen atoms in total. The van der Waals surface area contributed by atoms with Gasteiger partial charge >= 0.3 is 6.18 Å². The molecule has 2 atom stereocenters. The lowest BCUT2D eigenvalue weighted by Gasteiger charge is -2.20. The minimum absolute atomic E-state index is 0.0777. The third kappa shape index (κ3) is 3.87. The van der Waals surface area contributed by atoms with Gasteiger partial charge < -0.3 is 10.5 Å². The van der Waals surface area contributed by atoms with Gasteiger partial charge in [-0.2, -0.15) is 13.2 Å². The van der Waals surface area contributed by atoms with E-state index in [1.54, 1.807) is 0 Å². The van der Waals surface area contributed by atoms with Crippen LogP contribution in [0.3, 0.4) is 0 Å². The van der Waals surface area contributed by atoms with Gasteiger partial charge in [0.05, 0.1) is 0 Å². The molecule has 0 aromatic heterocycles. The fraction of sp³-hybridized carbons (Fsp3) is 0.833. The Morgan fingerprint density at radius 3 is 2.08 bits per heavy atom. The lowest BCUT2D eigenvalue weighted by Crippen LogP contribution is -2.36. The molecular weight excluding hydrogens is 191 g/mol. The lowest BCUT2D eigenvalue weighted by molar-refractivity contribution is -0.218. The van der Waals surface area contributed by atoms with Crippen LogP contribution in [-0.2, 0) is 4.74 Å². The first-order chi connectivity index (χ1) is 5.25. The van der Waals surface area contributed by atoms with Gasteiger partial charge in [0.2, 0.25) is 0 Å². The van der Waals surface area contributed by atoms with E-state index in [0.29, 0.717) is 0 Å². The van der Waals surface area contributed by atoms with Crippen molar-refractivity contribution in [2.75, 3.05) is 0 Å². The highest BCUT2D eigenvalue weighted by Crippen LogP contribution is 2.23. The predicted molar refractivity (Wildman–Crippen MR) is 42.8 cm³/mol. The molecule has 0 fully saturated rings. The van der Waals surface area contributed by atoms with Crippen LogP contribution in [0.5, 0.6) is 0 Å². The minimum Gasteiger partial charge on any atom is -0.391 e. The summed E-state index contributed by atoms with van der Waals surface area (Å²) >= 11 is 4.44. The molecule has 0 aromatic rings. The van der Waals surface area contributed by atoms with E-state index in [4.69, 9.17) is 5.73 Å². The maximum absolute atomic E-state index is 11.9. The van der Waals surface area contributed by atoms with E-state index in [1.807, 2.05) is 0 Å². The maximum atomic E-state index is 11.9. The van der Waals surface area contributed by atoms with Crippen molar-refractivity contribution in [3.05, 3.63) is 0 Å². The zero-order valence-corrected chi connectivity index (χ0v) is 7.50. The summed E-state index contributed by atoms with van der Waals surface area (Å²) in [6.07, 6.45) is -7.05. The van der Waals surface area contributed by atoms with Gasteiger partial charge in [0.15, 0.2) is 6.10 Å². The Morgan fingerprint density at radius 1 is 1.42 bits per heavy atom. The lowest BCUT2D eigenvalue weighted by atomic mass is 10.3. The fourth-order valence-corrected chi connectivity index (χ4v) is 0.506. The highest BCUT2D eigenvalue weighted by Gasteiger charge is 2.38. The van der Waals surface area contributed by atoms with Crippen LogP contribution in [0.15, 0.2) is 0 Å². The molecule has 0 rings (SSSR count). The molecule has 2 N–H and O–H groups in total. The normalized spacial score (nSPS) is 17.1. The molecule has 0 amide bonds. The van der Waals surface area contributed by atoms with E-state index in [1.165, 1.54) is 6.92 Å². The first kappa shape index (κ1) is 11.6. The fourth-order valence-electron chi connectivity index (χ4n) is 0.450. The Morgan fingerprint density at radius 2 is 1.83 bits per heavy atom. The molecule has 0 aliphatic heterocycles. The van der Waals surface area contributed by atoms with Gasteiger partial charge in [-0.3, -0.25) is 0 Å². The zero-order valence-electron chi connectivity index (χ0n) is 6.68. The van der Waals surface area contributed by atoms with Crippen molar-refractivity contribution < 1.29 is 17.9 Å². The number of halogens is 3. The van der Waals surface area contributed by atoms with Gasteiger partial charge in [0.1, 0.15) is 11.1 Å². The molecule has 0 saturated heterocycles. The molecule has 0 spiro atoms. The van der Waals surface area contributed by atoms with E-state index in [0.717, 1.165) is 6.92 Å². The average molecular weight is 201 g/mol. The summed E-state index contributed by atoms with van der Waals surface area (Å²) < 4.78 is 40.1. The van der Waals surface area contributed by atoms with E-state index >= 15 is 0 Å². The van der Waals surface area contributed by atoms with Crippen molar-refractivity contribution >= 4 is 17.2 Å². The largest absolute Gasteiger partial charge is 0.414 e. The second-order valence-electron chi connectivity index (χ2n) is 2.36.